The first-order valence-electron chi connectivity index (χ1n) is 8.77. The minimum Gasteiger partial charge on any atom is -0.368 e. The second-order valence-electron chi connectivity index (χ2n) is 6.41. The number of guanidine groups is 1. The number of rotatable bonds is 5. The smallest absolute Gasteiger partial charge is 0.251 e. The van der Waals surface area contributed by atoms with Crippen LogP contribution in [0.1, 0.15) is 12.8 Å². The van der Waals surface area contributed by atoms with Crippen molar-refractivity contribution in [3.8, 4) is 0 Å². The topological polar surface area (TPSA) is 77.5 Å². The Morgan fingerprint density at radius 2 is 1.96 bits per heavy atom. The van der Waals surface area contributed by atoms with Gasteiger partial charge in [-0.1, -0.05) is 6.08 Å². The molecule has 0 radical (unpaired) electrons. The van der Waals surface area contributed by atoms with Gasteiger partial charge in [0.15, 0.2) is 5.96 Å². The van der Waals surface area contributed by atoms with Crippen LogP contribution in [0.15, 0.2) is 17.6 Å². The normalized spacial score (nSPS) is 21.2. The lowest BCUT2D eigenvalue weighted by Gasteiger charge is -2.37. The molecule has 1 unspecified atom stereocenters. The standard InChI is InChI=1S/C17H29N5O3/c1-4-7-18-17(19-13-15(23)20(2)3)22-10-8-21(9-11-22)16(24)14-6-5-12-25-14/h4,14H,1,5-13H2,2-3H3,(H,18,19). The molecule has 0 aromatic carbocycles. The van der Waals surface area contributed by atoms with Crippen molar-refractivity contribution >= 4 is 17.8 Å². The zero-order chi connectivity index (χ0) is 18.2. The summed E-state index contributed by atoms with van der Waals surface area (Å²) in [7, 11) is 3.42. The molecule has 140 valence electrons. The van der Waals surface area contributed by atoms with Crippen molar-refractivity contribution in [2.24, 2.45) is 4.99 Å². The average molecular weight is 351 g/mol. The Labute approximate surface area is 149 Å². The van der Waals surface area contributed by atoms with Gasteiger partial charge in [0.05, 0.1) is 0 Å². The van der Waals surface area contributed by atoms with E-state index in [0.717, 1.165) is 12.8 Å². The largest absolute Gasteiger partial charge is 0.368 e. The molecule has 0 bridgehead atoms. The molecule has 2 aliphatic heterocycles. The van der Waals surface area contributed by atoms with E-state index in [9.17, 15) is 9.59 Å². The van der Waals surface area contributed by atoms with E-state index in [-0.39, 0.29) is 24.5 Å². The molecule has 8 heteroatoms. The summed E-state index contributed by atoms with van der Waals surface area (Å²) in [6.07, 6.45) is 3.26. The van der Waals surface area contributed by atoms with E-state index in [4.69, 9.17) is 4.74 Å². The Bertz CT molecular complexity index is 506. The summed E-state index contributed by atoms with van der Waals surface area (Å²) in [5.74, 6) is 0.724. The molecule has 2 heterocycles. The lowest BCUT2D eigenvalue weighted by Crippen LogP contribution is -2.55. The van der Waals surface area contributed by atoms with E-state index in [1.54, 1.807) is 20.2 Å². The maximum absolute atomic E-state index is 12.4. The second-order valence-corrected chi connectivity index (χ2v) is 6.41. The Morgan fingerprint density at radius 3 is 2.52 bits per heavy atom. The van der Waals surface area contributed by atoms with Crippen LogP contribution in [0.25, 0.3) is 0 Å². The third-order valence-electron chi connectivity index (χ3n) is 4.36. The van der Waals surface area contributed by atoms with Crippen molar-refractivity contribution in [1.82, 2.24) is 20.0 Å². The molecule has 0 saturated carbocycles. The molecule has 1 N–H and O–H groups in total. The number of piperazine rings is 1. The third-order valence-corrected chi connectivity index (χ3v) is 4.36. The third kappa shape index (κ3) is 5.45. The number of nitrogens with zero attached hydrogens (tertiary/aromatic N) is 4. The first-order valence-corrected chi connectivity index (χ1v) is 8.77. The van der Waals surface area contributed by atoms with Crippen LogP contribution in [0.2, 0.25) is 0 Å². The van der Waals surface area contributed by atoms with Crippen molar-refractivity contribution < 1.29 is 14.3 Å². The molecule has 0 aliphatic carbocycles. The minimum absolute atomic E-state index is 0.0508. The summed E-state index contributed by atoms with van der Waals surface area (Å²) in [4.78, 5) is 34.1. The van der Waals surface area contributed by atoms with E-state index >= 15 is 0 Å². The Hall–Kier alpha value is -2.09. The molecule has 2 aliphatic rings. The van der Waals surface area contributed by atoms with E-state index in [1.807, 2.05) is 4.90 Å². The Balaban J connectivity index is 1.91. The van der Waals surface area contributed by atoms with Crippen LogP contribution in [0, 0.1) is 0 Å². The Morgan fingerprint density at radius 1 is 1.28 bits per heavy atom. The van der Waals surface area contributed by atoms with Gasteiger partial charge >= 0.3 is 0 Å². The molecular formula is C17H29N5O3. The molecule has 2 saturated heterocycles. The molecular weight excluding hydrogens is 322 g/mol. The summed E-state index contributed by atoms with van der Waals surface area (Å²) in [6, 6.07) is 0. The number of ether oxygens (including phenoxy) is 1. The molecule has 0 spiro atoms. The van der Waals surface area contributed by atoms with Gasteiger partial charge in [-0.15, -0.1) is 6.58 Å². The van der Waals surface area contributed by atoms with E-state index in [1.165, 1.54) is 4.90 Å². The molecule has 2 amide bonds. The van der Waals surface area contributed by atoms with Crippen LogP contribution >= 0.6 is 0 Å². The fourth-order valence-electron chi connectivity index (χ4n) is 2.83. The predicted molar refractivity (Wildman–Crippen MR) is 96.3 cm³/mol. The number of nitrogens with one attached hydrogen (secondary N) is 1. The van der Waals surface area contributed by atoms with Gasteiger partial charge in [-0.05, 0) is 12.8 Å². The quantitative estimate of drug-likeness (QED) is 0.412. The molecule has 1 atom stereocenters. The molecule has 0 aromatic rings. The summed E-state index contributed by atoms with van der Waals surface area (Å²) in [5.41, 5.74) is 0. The summed E-state index contributed by atoms with van der Waals surface area (Å²) in [6.45, 7) is 7.68. The number of aliphatic imine (C=N–C) groups is 1. The van der Waals surface area contributed by atoms with Gasteiger partial charge in [0.1, 0.15) is 12.6 Å². The average Bonchev–Trinajstić information content (AvgIpc) is 3.15. The number of likely N-dealkylation sites (N-methyl/N-ethyl adjacent to an activating group) is 1. The lowest BCUT2D eigenvalue weighted by molar-refractivity contribution is -0.142. The van der Waals surface area contributed by atoms with E-state index in [2.05, 4.69) is 21.8 Å². The Kier molecular flexibility index (Phi) is 7.24. The fraction of sp³-hybridized carbons (Fsp3) is 0.706. The molecule has 2 fully saturated rings. The van der Waals surface area contributed by atoms with E-state index in [0.29, 0.717) is 45.3 Å². The van der Waals surface area contributed by atoms with Crippen molar-refractivity contribution in [3.05, 3.63) is 12.7 Å². The van der Waals surface area contributed by atoms with Gasteiger partial charge in [-0.3, -0.25) is 9.59 Å². The SMILES string of the molecule is C=CCNC(=NCC(=O)N(C)C)N1CCN(C(=O)C2CCCO2)CC1. The number of carbonyl (C=O) groups is 2. The highest BCUT2D eigenvalue weighted by Gasteiger charge is 2.30. The lowest BCUT2D eigenvalue weighted by atomic mass is 10.2. The maximum Gasteiger partial charge on any atom is 0.251 e. The number of carbonyl (C=O) groups excluding carboxylic acids is 2. The van der Waals surface area contributed by atoms with Gasteiger partial charge in [0, 0.05) is 53.4 Å². The fourth-order valence-corrected chi connectivity index (χ4v) is 2.83. The highest BCUT2D eigenvalue weighted by molar-refractivity contribution is 5.85. The van der Waals surface area contributed by atoms with Crippen LogP contribution in [-0.4, -0.2) is 98.5 Å². The minimum atomic E-state index is -0.267. The van der Waals surface area contributed by atoms with Crippen LogP contribution in [-0.2, 0) is 14.3 Å². The highest BCUT2D eigenvalue weighted by atomic mass is 16.5. The van der Waals surface area contributed by atoms with Crippen LogP contribution in [0.3, 0.4) is 0 Å². The van der Waals surface area contributed by atoms with Crippen molar-refractivity contribution in [2.75, 3.05) is 60.0 Å². The number of amides is 2. The molecule has 25 heavy (non-hydrogen) atoms. The van der Waals surface area contributed by atoms with Crippen LogP contribution in [0.5, 0.6) is 0 Å². The summed E-state index contributed by atoms with van der Waals surface area (Å²) < 4.78 is 5.49. The maximum atomic E-state index is 12.4. The molecule has 8 nitrogen and oxygen atoms in total. The first-order chi connectivity index (χ1) is 12.0. The van der Waals surface area contributed by atoms with Crippen LogP contribution < -0.4 is 5.32 Å². The predicted octanol–water partition coefficient (Wildman–Crippen LogP) is -0.471. The number of hydrogen-bond donors (Lipinski definition) is 1. The first kappa shape index (κ1) is 19.2. The van der Waals surface area contributed by atoms with Gasteiger partial charge in [0.2, 0.25) is 5.91 Å². The van der Waals surface area contributed by atoms with E-state index < -0.39 is 0 Å². The van der Waals surface area contributed by atoms with Gasteiger partial charge in [0.25, 0.3) is 5.91 Å². The zero-order valence-corrected chi connectivity index (χ0v) is 15.2. The zero-order valence-electron chi connectivity index (χ0n) is 15.2. The van der Waals surface area contributed by atoms with Crippen molar-refractivity contribution in [1.29, 1.82) is 0 Å². The van der Waals surface area contributed by atoms with Crippen molar-refractivity contribution in [2.45, 2.75) is 18.9 Å². The monoisotopic (exact) mass is 351 g/mol. The number of hydrogen-bond acceptors (Lipinski definition) is 4. The molecule has 2 rings (SSSR count). The van der Waals surface area contributed by atoms with Gasteiger partial charge < -0.3 is 24.8 Å². The summed E-state index contributed by atoms with van der Waals surface area (Å²) in [5, 5.41) is 3.19. The summed E-state index contributed by atoms with van der Waals surface area (Å²) >= 11 is 0. The van der Waals surface area contributed by atoms with Crippen molar-refractivity contribution in [3.63, 3.8) is 0 Å². The highest BCUT2D eigenvalue weighted by Crippen LogP contribution is 2.16. The molecule has 0 aromatic heterocycles. The van der Waals surface area contributed by atoms with Gasteiger partial charge in [-0.25, -0.2) is 4.99 Å². The second kappa shape index (κ2) is 9.41. The van der Waals surface area contributed by atoms with Crippen LogP contribution in [0.4, 0.5) is 0 Å². The van der Waals surface area contributed by atoms with Gasteiger partial charge in [-0.2, -0.15) is 0 Å².